The smallest absolute Gasteiger partial charge is 0.416 e. The Labute approximate surface area is 274 Å². The molecule has 6 nitrogen and oxygen atoms in total. The molecule has 5 rings (SSSR count). The Morgan fingerprint density at radius 2 is 1.35 bits per heavy atom. The van der Waals surface area contributed by atoms with E-state index in [0.717, 1.165) is 41.5 Å². The molecular formula is C40H46N2O4. The van der Waals surface area contributed by atoms with Crippen molar-refractivity contribution in [3.8, 4) is 0 Å². The Bertz CT molecular complexity index is 1490. The number of anilines is 1. The molecule has 1 unspecified atom stereocenters. The molecule has 46 heavy (non-hydrogen) atoms. The van der Waals surface area contributed by atoms with Crippen LogP contribution in [0.25, 0.3) is 0 Å². The molecule has 4 aromatic carbocycles. The van der Waals surface area contributed by atoms with E-state index in [2.05, 4.69) is 57.2 Å². The van der Waals surface area contributed by atoms with Gasteiger partial charge in [0, 0.05) is 0 Å². The minimum absolute atomic E-state index is 0.0435. The maximum atomic E-state index is 15.1. The lowest BCUT2D eigenvalue weighted by molar-refractivity contribution is 0.0314. The highest BCUT2D eigenvalue weighted by Crippen LogP contribution is 2.47. The molecule has 1 aliphatic rings. The number of carbonyl (C=O) groups excluding carboxylic acids is 2. The number of benzene rings is 4. The van der Waals surface area contributed by atoms with E-state index in [-0.39, 0.29) is 12.1 Å². The van der Waals surface area contributed by atoms with Crippen LogP contribution in [0.1, 0.15) is 76.1 Å². The molecule has 0 N–H and O–H groups in total. The molecule has 6 heteroatoms. The van der Waals surface area contributed by atoms with Crippen LogP contribution >= 0.6 is 0 Å². The molecule has 0 radical (unpaired) electrons. The average molecular weight is 619 g/mol. The van der Waals surface area contributed by atoms with E-state index >= 15 is 4.79 Å². The van der Waals surface area contributed by atoms with Crippen LogP contribution in [0.4, 0.5) is 15.3 Å². The van der Waals surface area contributed by atoms with Gasteiger partial charge in [-0.3, -0.25) is 9.80 Å². The Kier molecular flexibility index (Phi) is 10.2. The van der Waals surface area contributed by atoms with Crippen molar-refractivity contribution in [2.24, 2.45) is 5.92 Å². The van der Waals surface area contributed by atoms with E-state index in [4.69, 9.17) is 9.47 Å². The fourth-order valence-electron chi connectivity index (χ4n) is 6.38. The number of nitrogens with zero attached hydrogens (tertiary/aromatic N) is 2. The number of hydrogen-bond donors (Lipinski definition) is 0. The lowest BCUT2D eigenvalue weighted by Gasteiger charge is -2.46. The van der Waals surface area contributed by atoms with E-state index in [1.54, 1.807) is 4.90 Å². The minimum Gasteiger partial charge on any atom is -0.447 e. The van der Waals surface area contributed by atoms with Gasteiger partial charge in [-0.2, -0.15) is 0 Å². The molecule has 0 bridgehead atoms. The van der Waals surface area contributed by atoms with Gasteiger partial charge in [-0.05, 0) is 67.3 Å². The van der Waals surface area contributed by atoms with E-state index < -0.39 is 17.2 Å². The van der Waals surface area contributed by atoms with Crippen LogP contribution in [0.15, 0.2) is 115 Å². The molecule has 240 valence electrons. The molecule has 1 aliphatic heterocycles. The van der Waals surface area contributed by atoms with Crippen LogP contribution in [0.2, 0.25) is 0 Å². The maximum absolute atomic E-state index is 15.1. The Hall–Kier alpha value is -4.58. The average Bonchev–Trinajstić information content (AvgIpc) is 3.42. The zero-order chi connectivity index (χ0) is 32.7. The highest BCUT2D eigenvalue weighted by molar-refractivity contribution is 5.93. The number of cyclic esters (lactones) is 1. The molecular weight excluding hydrogens is 572 g/mol. The Morgan fingerprint density at radius 3 is 1.85 bits per heavy atom. The molecule has 0 spiro atoms. The lowest BCUT2D eigenvalue weighted by Crippen LogP contribution is -2.54. The van der Waals surface area contributed by atoms with E-state index in [1.165, 1.54) is 0 Å². The van der Waals surface area contributed by atoms with Crippen LogP contribution in [0.5, 0.6) is 0 Å². The molecule has 0 saturated carbocycles. The van der Waals surface area contributed by atoms with Gasteiger partial charge in [0.1, 0.15) is 17.7 Å². The van der Waals surface area contributed by atoms with Gasteiger partial charge in [-0.25, -0.2) is 9.59 Å². The standard InChI is InChI=1S/C40H46N2O4/c1-6-35-29-45-37(43)41(35)28-31-18-16-17-25-36(31)42(38(44)46-39(4,5)27-26-30(2)3)40(32-19-10-7-11-20-32,33-21-12-8-13-22-33)34-23-14-9-15-24-34/h7-25,30,35H,6,26-29H2,1-5H3. The van der Waals surface area contributed by atoms with Gasteiger partial charge in [0.2, 0.25) is 0 Å². The van der Waals surface area contributed by atoms with Gasteiger partial charge in [0.15, 0.2) is 0 Å². The van der Waals surface area contributed by atoms with Crippen molar-refractivity contribution >= 4 is 17.9 Å². The number of carbonyl (C=O) groups is 2. The Balaban J connectivity index is 1.80. The maximum Gasteiger partial charge on any atom is 0.416 e. The van der Waals surface area contributed by atoms with Gasteiger partial charge in [-0.1, -0.05) is 130 Å². The molecule has 2 amide bonds. The van der Waals surface area contributed by atoms with Crippen LogP contribution in [0, 0.1) is 5.92 Å². The summed E-state index contributed by atoms with van der Waals surface area (Å²) in [6, 6.07) is 38.2. The summed E-state index contributed by atoms with van der Waals surface area (Å²) in [5, 5.41) is 0. The fraction of sp³-hybridized carbons (Fsp3) is 0.350. The summed E-state index contributed by atoms with van der Waals surface area (Å²) in [6.45, 7) is 11.0. The van der Waals surface area contributed by atoms with Gasteiger partial charge < -0.3 is 9.47 Å². The molecule has 1 saturated heterocycles. The van der Waals surface area contributed by atoms with E-state index in [0.29, 0.717) is 24.8 Å². The quantitative estimate of drug-likeness (QED) is 0.148. The first-order valence-electron chi connectivity index (χ1n) is 16.4. The second kappa shape index (κ2) is 14.2. The van der Waals surface area contributed by atoms with Crippen LogP contribution in [-0.4, -0.2) is 35.3 Å². The van der Waals surface area contributed by atoms with Gasteiger partial charge in [0.05, 0.1) is 18.3 Å². The molecule has 1 fully saturated rings. The third-order valence-electron chi connectivity index (χ3n) is 8.90. The lowest BCUT2D eigenvalue weighted by atomic mass is 9.75. The highest BCUT2D eigenvalue weighted by atomic mass is 16.6. The number of rotatable bonds is 12. The number of hydrogen-bond acceptors (Lipinski definition) is 4. The summed E-state index contributed by atoms with van der Waals surface area (Å²) in [4.78, 5) is 31.7. The van der Waals surface area contributed by atoms with Crippen molar-refractivity contribution in [3.63, 3.8) is 0 Å². The van der Waals surface area contributed by atoms with Crippen molar-refractivity contribution in [2.75, 3.05) is 11.5 Å². The second-order valence-electron chi connectivity index (χ2n) is 13.1. The summed E-state index contributed by atoms with van der Waals surface area (Å²) in [5.74, 6) is 0.471. The highest BCUT2D eigenvalue weighted by Gasteiger charge is 2.48. The fourth-order valence-corrected chi connectivity index (χ4v) is 6.38. The minimum atomic E-state index is -1.12. The van der Waals surface area contributed by atoms with Gasteiger partial charge in [0.25, 0.3) is 0 Å². The molecule has 0 aromatic heterocycles. The topological polar surface area (TPSA) is 59.1 Å². The summed E-state index contributed by atoms with van der Waals surface area (Å²) >= 11 is 0. The van der Waals surface area contributed by atoms with Crippen LogP contribution in [0.3, 0.4) is 0 Å². The van der Waals surface area contributed by atoms with Gasteiger partial charge in [-0.15, -0.1) is 0 Å². The molecule has 1 heterocycles. The first kappa shape index (κ1) is 32.8. The first-order valence-corrected chi connectivity index (χ1v) is 16.4. The van der Waals surface area contributed by atoms with Crippen molar-refractivity contribution in [3.05, 3.63) is 138 Å². The monoisotopic (exact) mass is 618 g/mol. The summed E-state index contributed by atoms with van der Waals surface area (Å²) < 4.78 is 12.0. The molecule has 1 atom stereocenters. The third kappa shape index (κ3) is 6.81. The van der Waals surface area contributed by atoms with Crippen LogP contribution in [-0.2, 0) is 21.6 Å². The van der Waals surface area contributed by atoms with Crippen molar-refractivity contribution < 1.29 is 19.1 Å². The van der Waals surface area contributed by atoms with E-state index in [1.807, 2.05) is 97.6 Å². The molecule has 0 aliphatic carbocycles. The summed E-state index contributed by atoms with van der Waals surface area (Å²) in [5.41, 5.74) is 2.36. The van der Waals surface area contributed by atoms with Crippen LogP contribution < -0.4 is 4.90 Å². The summed E-state index contributed by atoms with van der Waals surface area (Å²) in [7, 11) is 0. The Morgan fingerprint density at radius 1 is 0.848 bits per heavy atom. The van der Waals surface area contributed by atoms with Gasteiger partial charge >= 0.3 is 12.2 Å². The van der Waals surface area contributed by atoms with Crippen molar-refractivity contribution in [2.45, 2.75) is 77.6 Å². The number of ether oxygens (including phenoxy) is 2. The van der Waals surface area contributed by atoms with Crippen molar-refractivity contribution in [1.29, 1.82) is 0 Å². The third-order valence-corrected chi connectivity index (χ3v) is 8.90. The zero-order valence-electron chi connectivity index (χ0n) is 27.7. The largest absolute Gasteiger partial charge is 0.447 e. The number of para-hydroxylation sites is 1. The summed E-state index contributed by atoms with van der Waals surface area (Å²) in [6.07, 6.45) is 1.61. The molecule has 4 aromatic rings. The number of amides is 2. The van der Waals surface area contributed by atoms with Crippen molar-refractivity contribution in [1.82, 2.24) is 4.90 Å². The van der Waals surface area contributed by atoms with E-state index in [9.17, 15) is 4.79 Å². The SMILES string of the molecule is CCC1COC(=O)N1Cc1ccccc1N(C(=O)OC(C)(C)CCC(C)C)C(c1ccccc1)(c1ccccc1)c1ccccc1. The second-order valence-corrected chi connectivity index (χ2v) is 13.1. The zero-order valence-corrected chi connectivity index (χ0v) is 27.7. The predicted octanol–water partition coefficient (Wildman–Crippen LogP) is 9.57. The predicted molar refractivity (Wildman–Crippen MR) is 184 cm³/mol. The first-order chi connectivity index (χ1) is 22.2. The normalized spacial score (nSPS) is 15.1.